The van der Waals surface area contributed by atoms with E-state index in [1.165, 1.54) is 12.7 Å². The van der Waals surface area contributed by atoms with Crippen molar-refractivity contribution in [1.82, 2.24) is 0 Å². The van der Waals surface area contributed by atoms with Crippen LogP contribution in [0.1, 0.15) is 44.2 Å². The Hall–Kier alpha value is -2.93. The third-order valence-electron chi connectivity index (χ3n) is 5.65. The first kappa shape index (κ1) is 23.3. The van der Waals surface area contributed by atoms with Gasteiger partial charge < -0.3 is 9.58 Å². The van der Waals surface area contributed by atoms with E-state index in [1.807, 2.05) is 36.4 Å². The molecule has 4 heteroatoms. The third kappa shape index (κ3) is 6.84. The van der Waals surface area contributed by atoms with E-state index >= 15 is 0 Å². The molecule has 3 rings (SSSR count). The first-order valence-electron chi connectivity index (χ1n) is 10.3. The molecule has 2 aromatic carbocycles. The van der Waals surface area contributed by atoms with Crippen LogP contribution in [0.3, 0.4) is 0 Å². The van der Waals surface area contributed by atoms with Crippen LogP contribution in [-0.4, -0.2) is 25.4 Å². The minimum Gasteiger partial charge on any atom is -0.468 e. The van der Waals surface area contributed by atoms with Crippen LogP contribution in [-0.2, 0) is 27.2 Å². The predicted octanol–water partition coefficient (Wildman–Crippen LogP) is 5.32. The summed E-state index contributed by atoms with van der Waals surface area (Å²) in [6.45, 7) is 11.1. The SMILES string of the molecule is CC1(Cc2ccccc2)CCC(=O)C1.[C-]#[N+]CC(C)(Cc1ccccc1)C(=O)OC. The van der Waals surface area contributed by atoms with E-state index in [4.69, 9.17) is 11.3 Å². The van der Waals surface area contributed by atoms with E-state index in [-0.39, 0.29) is 17.9 Å². The van der Waals surface area contributed by atoms with Crippen molar-refractivity contribution < 1.29 is 14.3 Å². The van der Waals surface area contributed by atoms with Crippen LogP contribution in [0.25, 0.3) is 4.85 Å². The molecule has 0 aliphatic heterocycles. The molecular weight excluding hydrogens is 374 g/mol. The summed E-state index contributed by atoms with van der Waals surface area (Å²) in [5, 5.41) is 0. The Morgan fingerprint density at radius 2 is 1.67 bits per heavy atom. The van der Waals surface area contributed by atoms with Crippen LogP contribution in [0.2, 0.25) is 0 Å². The highest BCUT2D eigenvalue weighted by Crippen LogP contribution is 2.38. The minimum absolute atomic E-state index is 0.147. The lowest BCUT2D eigenvalue weighted by Crippen LogP contribution is -2.34. The van der Waals surface area contributed by atoms with E-state index < -0.39 is 5.41 Å². The van der Waals surface area contributed by atoms with Crippen LogP contribution in [0.5, 0.6) is 0 Å². The number of esters is 1. The Morgan fingerprint density at radius 3 is 2.13 bits per heavy atom. The van der Waals surface area contributed by atoms with E-state index in [1.54, 1.807) is 6.92 Å². The number of Topliss-reactive ketones (excluding diaryl/α,β-unsaturated/α-hetero) is 1. The number of carbonyl (C=O) groups is 2. The van der Waals surface area contributed by atoms with Gasteiger partial charge in [0, 0.05) is 12.8 Å². The van der Waals surface area contributed by atoms with E-state index in [2.05, 4.69) is 36.0 Å². The number of rotatable bonds is 6. The molecule has 0 amide bonds. The first-order valence-corrected chi connectivity index (χ1v) is 10.3. The van der Waals surface area contributed by atoms with Crippen LogP contribution in [0.15, 0.2) is 60.7 Å². The van der Waals surface area contributed by atoms with Crippen molar-refractivity contribution in [2.24, 2.45) is 10.8 Å². The summed E-state index contributed by atoms with van der Waals surface area (Å²) >= 11 is 0. The van der Waals surface area contributed by atoms with Gasteiger partial charge in [-0.3, -0.25) is 9.59 Å². The molecular formula is C26H31NO3. The normalized spacial score (nSPS) is 19.7. The van der Waals surface area contributed by atoms with Crippen LogP contribution >= 0.6 is 0 Å². The average molecular weight is 406 g/mol. The summed E-state index contributed by atoms with van der Waals surface area (Å²) in [5.74, 6) is 0.107. The number of hydrogen-bond donors (Lipinski definition) is 0. The molecule has 0 spiro atoms. The zero-order valence-electron chi connectivity index (χ0n) is 18.2. The molecule has 4 nitrogen and oxygen atoms in total. The largest absolute Gasteiger partial charge is 0.468 e. The molecule has 1 aliphatic carbocycles. The number of ether oxygens (including phenoxy) is 1. The molecule has 0 heterocycles. The zero-order valence-corrected chi connectivity index (χ0v) is 18.2. The second kappa shape index (κ2) is 10.7. The molecule has 158 valence electrons. The number of carbonyl (C=O) groups excluding carboxylic acids is 2. The topological polar surface area (TPSA) is 47.7 Å². The summed E-state index contributed by atoms with van der Waals surface area (Å²) in [6, 6.07) is 20.1. The van der Waals surface area contributed by atoms with Crippen LogP contribution in [0, 0.1) is 17.4 Å². The summed E-state index contributed by atoms with van der Waals surface area (Å²) in [4.78, 5) is 26.2. The molecule has 30 heavy (non-hydrogen) atoms. The monoisotopic (exact) mass is 405 g/mol. The predicted molar refractivity (Wildman–Crippen MR) is 119 cm³/mol. The van der Waals surface area contributed by atoms with Crippen LogP contribution < -0.4 is 0 Å². The lowest BCUT2D eigenvalue weighted by Gasteiger charge is -2.22. The van der Waals surface area contributed by atoms with Gasteiger partial charge in [0.1, 0.15) is 11.2 Å². The van der Waals surface area contributed by atoms with Gasteiger partial charge in [-0.15, -0.1) is 0 Å². The highest BCUT2D eigenvalue weighted by molar-refractivity contribution is 5.81. The Labute approximate surface area is 180 Å². The van der Waals surface area contributed by atoms with Crippen molar-refractivity contribution in [3.63, 3.8) is 0 Å². The van der Waals surface area contributed by atoms with Crippen molar-refractivity contribution >= 4 is 11.8 Å². The number of nitrogens with zero attached hydrogens (tertiary/aromatic N) is 1. The molecule has 2 unspecified atom stereocenters. The molecule has 1 saturated carbocycles. The summed E-state index contributed by atoms with van der Waals surface area (Å²) in [5.41, 5.74) is 1.86. The zero-order chi connectivity index (χ0) is 22.0. The second-order valence-corrected chi connectivity index (χ2v) is 8.72. The Bertz CT molecular complexity index is 872. The molecule has 1 aliphatic rings. The highest BCUT2D eigenvalue weighted by Gasteiger charge is 2.38. The van der Waals surface area contributed by atoms with Crippen molar-refractivity contribution in [3.05, 3.63) is 83.2 Å². The fraction of sp³-hybridized carbons (Fsp3) is 0.423. The number of ketones is 1. The highest BCUT2D eigenvalue weighted by atomic mass is 16.5. The van der Waals surface area contributed by atoms with E-state index in [9.17, 15) is 9.59 Å². The molecule has 0 bridgehead atoms. The summed E-state index contributed by atoms with van der Waals surface area (Å²) in [6.07, 6.45) is 4.18. The quantitative estimate of drug-likeness (QED) is 0.483. The molecule has 0 saturated heterocycles. The lowest BCUT2D eigenvalue weighted by molar-refractivity contribution is -0.150. The van der Waals surface area contributed by atoms with Gasteiger partial charge in [0.05, 0.1) is 7.11 Å². The van der Waals surface area contributed by atoms with Gasteiger partial charge in [0.2, 0.25) is 6.54 Å². The molecule has 0 aromatic heterocycles. The van der Waals surface area contributed by atoms with Crippen molar-refractivity contribution in [3.8, 4) is 0 Å². The molecule has 2 aromatic rings. The number of benzene rings is 2. The third-order valence-corrected chi connectivity index (χ3v) is 5.65. The fourth-order valence-electron chi connectivity index (χ4n) is 3.99. The summed E-state index contributed by atoms with van der Waals surface area (Å²) < 4.78 is 4.76. The smallest absolute Gasteiger partial charge is 0.319 e. The Morgan fingerprint density at radius 1 is 1.10 bits per heavy atom. The van der Waals surface area contributed by atoms with Gasteiger partial charge in [-0.25, -0.2) is 6.57 Å². The van der Waals surface area contributed by atoms with Crippen molar-refractivity contribution in [2.75, 3.05) is 13.7 Å². The van der Waals surface area contributed by atoms with Gasteiger partial charge in [-0.05, 0) is 42.7 Å². The van der Waals surface area contributed by atoms with E-state index in [0.717, 1.165) is 31.2 Å². The van der Waals surface area contributed by atoms with Gasteiger partial charge in [0.15, 0.2) is 0 Å². The molecule has 0 N–H and O–H groups in total. The van der Waals surface area contributed by atoms with Gasteiger partial charge in [-0.2, -0.15) is 0 Å². The molecule has 0 radical (unpaired) electrons. The average Bonchev–Trinajstić information content (AvgIpc) is 3.07. The standard InChI is InChI=1S/C13H15NO2.C13H16O/c1-13(10-14-2,12(15)16-3)9-11-7-5-4-6-8-11;1-13(8-7-12(14)10-13)9-11-5-3-2-4-6-11/h4-8H,9-10H2,1,3H3;2-6H,7-10H2,1H3. The molecule has 2 atom stereocenters. The van der Waals surface area contributed by atoms with Gasteiger partial charge >= 0.3 is 5.97 Å². The molecule has 1 fully saturated rings. The van der Waals surface area contributed by atoms with Gasteiger partial charge in [0.25, 0.3) is 0 Å². The maximum absolute atomic E-state index is 11.7. The summed E-state index contributed by atoms with van der Waals surface area (Å²) in [7, 11) is 1.36. The van der Waals surface area contributed by atoms with Crippen LogP contribution in [0.4, 0.5) is 0 Å². The fourth-order valence-corrected chi connectivity index (χ4v) is 3.99. The second-order valence-electron chi connectivity index (χ2n) is 8.72. The number of methoxy groups -OCH3 is 1. The first-order chi connectivity index (χ1) is 14.3. The minimum atomic E-state index is -0.752. The number of hydrogen-bond acceptors (Lipinski definition) is 3. The van der Waals surface area contributed by atoms with Crippen molar-refractivity contribution in [2.45, 2.75) is 46.0 Å². The van der Waals surface area contributed by atoms with Crippen molar-refractivity contribution in [1.29, 1.82) is 0 Å². The Kier molecular flexibility index (Phi) is 8.35. The maximum Gasteiger partial charge on any atom is 0.319 e. The van der Waals surface area contributed by atoms with E-state index in [0.29, 0.717) is 12.2 Å². The lowest BCUT2D eigenvalue weighted by atomic mass is 9.82. The van der Waals surface area contributed by atoms with Gasteiger partial charge in [-0.1, -0.05) is 67.6 Å². The Balaban J connectivity index is 0.000000215. The maximum atomic E-state index is 11.7.